The van der Waals surface area contributed by atoms with Crippen molar-refractivity contribution >= 4 is 5.69 Å². The van der Waals surface area contributed by atoms with Crippen molar-refractivity contribution < 1.29 is 4.39 Å². The quantitative estimate of drug-likeness (QED) is 0.776. The van der Waals surface area contributed by atoms with Crippen molar-refractivity contribution in [1.82, 2.24) is 5.32 Å². The third-order valence-electron chi connectivity index (χ3n) is 3.17. The first-order valence-electron chi connectivity index (χ1n) is 5.63. The summed E-state index contributed by atoms with van der Waals surface area (Å²) < 4.78 is 13.5. The Bertz CT molecular complexity index is 374. The smallest absolute Gasteiger partial charge is 0.146 e. The fraction of sp³-hybridized carbons (Fsp3) is 0.500. The average molecular weight is 206 g/mol. The van der Waals surface area contributed by atoms with Crippen LogP contribution in [0.4, 0.5) is 10.1 Å². The third kappa shape index (κ3) is 1.72. The highest BCUT2D eigenvalue weighted by atomic mass is 19.1. The Balaban J connectivity index is 1.91. The van der Waals surface area contributed by atoms with Gasteiger partial charge >= 0.3 is 0 Å². The van der Waals surface area contributed by atoms with E-state index in [9.17, 15) is 4.39 Å². The molecule has 2 N–H and O–H groups in total. The minimum Gasteiger partial charge on any atom is -0.382 e. The van der Waals surface area contributed by atoms with Crippen LogP contribution in [0.15, 0.2) is 18.2 Å². The Kier molecular flexibility index (Phi) is 2.13. The van der Waals surface area contributed by atoms with Gasteiger partial charge in [-0.3, -0.25) is 0 Å². The highest BCUT2D eigenvalue weighted by molar-refractivity contribution is 5.55. The SMILES string of the molecule is Fc1cccc2c1NCCC2NC1CC1. The van der Waals surface area contributed by atoms with Crippen molar-refractivity contribution in [3.8, 4) is 0 Å². The molecule has 80 valence electrons. The van der Waals surface area contributed by atoms with E-state index in [1.807, 2.05) is 6.07 Å². The molecule has 3 rings (SSSR count). The molecule has 1 fully saturated rings. The lowest BCUT2D eigenvalue weighted by Crippen LogP contribution is -2.30. The van der Waals surface area contributed by atoms with Gasteiger partial charge in [-0.05, 0) is 30.9 Å². The summed E-state index contributed by atoms with van der Waals surface area (Å²) in [5, 5.41) is 6.71. The molecule has 0 bridgehead atoms. The van der Waals surface area contributed by atoms with Gasteiger partial charge in [-0.2, -0.15) is 0 Å². The van der Waals surface area contributed by atoms with Crippen LogP contribution in [0.5, 0.6) is 0 Å². The molecular weight excluding hydrogens is 191 g/mol. The van der Waals surface area contributed by atoms with Crippen LogP contribution < -0.4 is 10.6 Å². The number of rotatable bonds is 2. The lowest BCUT2D eigenvalue weighted by molar-refractivity contribution is 0.492. The minimum atomic E-state index is -0.130. The highest BCUT2D eigenvalue weighted by Crippen LogP contribution is 2.34. The Hall–Kier alpha value is -1.09. The topological polar surface area (TPSA) is 24.1 Å². The van der Waals surface area contributed by atoms with Crippen molar-refractivity contribution in [2.24, 2.45) is 0 Å². The van der Waals surface area contributed by atoms with Crippen LogP contribution in [0, 0.1) is 5.82 Å². The van der Waals surface area contributed by atoms with Gasteiger partial charge in [-0.15, -0.1) is 0 Å². The number of benzene rings is 1. The van der Waals surface area contributed by atoms with Crippen molar-refractivity contribution in [2.75, 3.05) is 11.9 Å². The molecule has 1 aliphatic carbocycles. The Morgan fingerprint density at radius 1 is 1.27 bits per heavy atom. The number of fused-ring (bicyclic) bond motifs is 1. The number of para-hydroxylation sites is 1. The van der Waals surface area contributed by atoms with E-state index in [1.54, 1.807) is 6.07 Å². The van der Waals surface area contributed by atoms with E-state index >= 15 is 0 Å². The molecule has 1 heterocycles. The molecule has 1 unspecified atom stereocenters. The summed E-state index contributed by atoms with van der Waals surface area (Å²) in [6.45, 7) is 0.859. The van der Waals surface area contributed by atoms with Gasteiger partial charge in [0.05, 0.1) is 5.69 Å². The van der Waals surface area contributed by atoms with Gasteiger partial charge in [0.2, 0.25) is 0 Å². The summed E-state index contributed by atoms with van der Waals surface area (Å²) in [5.74, 6) is -0.130. The van der Waals surface area contributed by atoms with Crippen LogP contribution >= 0.6 is 0 Å². The van der Waals surface area contributed by atoms with Crippen LogP contribution in [0.3, 0.4) is 0 Å². The summed E-state index contributed by atoms with van der Waals surface area (Å²) in [6, 6.07) is 6.34. The van der Waals surface area contributed by atoms with E-state index in [0.29, 0.717) is 17.8 Å². The lowest BCUT2D eigenvalue weighted by Gasteiger charge is -2.27. The fourth-order valence-electron chi connectivity index (χ4n) is 2.22. The van der Waals surface area contributed by atoms with E-state index in [4.69, 9.17) is 0 Å². The van der Waals surface area contributed by atoms with Crippen molar-refractivity contribution in [2.45, 2.75) is 31.3 Å². The van der Waals surface area contributed by atoms with E-state index in [0.717, 1.165) is 18.5 Å². The zero-order valence-electron chi connectivity index (χ0n) is 8.59. The van der Waals surface area contributed by atoms with Gasteiger partial charge in [0.15, 0.2) is 0 Å². The summed E-state index contributed by atoms with van der Waals surface area (Å²) in [4.78, 5) is 0. The summed E-state index contributed by atoms with van der Waals surface area (Å²) in [6.07, 6.45) is 3.59. The second kappa shape index (κ2) is 3.49. The molecule has 1 aromatic carbocycles. The summed E-state index contributed by atoms with van der Waals surface area (Å²) in [5.41, 5.74) is 1.79. The van der Waals surface area contributed by atoms with Crippen LogP contribution in [0.25, 0.3) is 0 Å². The molecule has 3 heteroatoms. The van der Waals surface area contributed by atoms with Crippen LogP contribution in [0.2, 0.25) is 0 Å². The van der Waals surface area contributed by atoms with E-state index < -0.39 is 0 Å². The second-order valence-corrected chi connectivity index (χ2v) is 4.41. The van der Waals surface area contributed by atoms with Crippen molar-refractivity contribution in [3.05, 3.63) is 29.6 Å². The second-order valence-electron chi connectivity index (χ2n) is 4.41. The maximum Gasteiger partial charge on any atom is 0.146 e. The molecular formula is C12H15FN2. The number of hydrogen-bond acceptors (Lipinski definition) is 2. The summed E-state index contributed by atoms with van der Waals surface area (Å²) in [7, 11) is 0. The minimum absolute atomic E-state index is 0.130. The van der Waals surface area contributed by atoms with E-state index in [-0.39, 0.29) is 5.82 Å². The maximum atomic E-state index is 13.5. The molecule has 1 atom stereocenters. The van der Waals surface area contributed by atoms with E-state index in [1.165, 1.54) is 18.9 Å². The van der Waals surface area contributed by atoms with Crippen LogP contribution in [0.1, 0.15) is 30.9 Å². The van der Waals surface area contributed by atoms with Gasteiger partial charge in [-0.25, -0.2) is 4.39 Å². The van der Waals surface area contributed by atoms with Gasteiger partial charge in [-0.1, -0.05) is 12.1 Å². The van der Waals surface area contributed by atoms with Crippen molar-refractivity contribution in [3.63, 3.8) is 0 Å². The highest BCUT2D eigenvalue weighted by Gasteiger charge is 2.28. The van der Waals surface area contributed by atoms with Crippen molar-refractivity contribution in [1.29, 1.82) is 0 Å². The molecule has 2 aliphatic rings. The zero-order chi connectivity index (χ0) is 10.3. The molecule has 1 saturated carbocycles. The lowest BCUT2D eigenvalue weighted by atomic mass is 9.97. The molecule has 2 nitrogen and oxygen atoms in total. The largest absolute Gasteiger partial charge is 0.382 e. The van der Waals surface area contributed by atoms with Crippen LogP contribution in [-0.2, 0) is 0 Å². The normalized spacial score (nSPS) is 24.5. The molecule has 0 amide bonds. The molecule has 0 radical (unpaired) electrons. The molecule has 0 spiro atoms. The number of anilines is 1. The molecule has 0 saturated heterocycles. The predicted molar refractivity (Wildman–Crippen MR) is 58.4 cm³/mol. The average Bonchev–Trinajstić information content (AvgIpc) is 3.04. The number of nitrogens with one attached hydrogen (secondary N) is 2. The first kappa shape index (κ1) is 9.16. The van der Waals surface area contributed by atoms with Gasteiger partial charge in [0.25, 0.3) is 0 Å². The first-order valence-corrected chi connectivity index (χ1v) is 5.63. The maximum absolute atomic E-state index is 13.5. The Morgan fingerprint density at radius 2 is 2.13 bits per heavy atom. The molecule has 1 aromatic rings. The van der Waals surface area contributed by atoms with Crippen LogP contribution in [-0.4, -0.2) is 12.6 Å². The van der Waals surface area contributed by atoms with Gasteiger partial charge in [0.1, 0.15) is 5.82 Å². The standard InChI is InChI=1S/C12H15FN2/c13-10-3-1-2-9-11(15-8-4-5-8)6-7-14-12(9)10/h1-3,8,11,14-15H,4-7H2. The first-order chi connectivity index (χ1) is 7.34. The number of halogens is 1. The monoisotopic (exact) mass is 206 g/mol. The van der Waals surface area contributed by atoms with E-state index in [2.05, 4.69) is 10.6 Å². The Labute approximate surface area is 88.9 Å². The molecule has 1 aliphatic heterocycles. The molecule has 0 aromatic heterocycles. The fourth-order valence-corrected chi connectivity index (χ4v) is 2.22. The van der Waals surface area contributed by atoms with Gasteiger partial charge < -0.3 is 10.6 Å². The van der Waals surface area contributed by atoms with Gasteiger partial charge in [0, 0.05) is 18.6 Å². The Morgan fingerprint density at radius 3 is 2.93 bits per heavy atom. The third-order valence-corrected chi connectivity index (χ3v) is 3.17. The number of hydrogen-bond donors (Lipinski definition) is 2. The molecule has 15 heavy (non-hydrogen) atoms. The summed E-state index contributed by atoms with van der Waals surface area (Å²) >= 11 is 0. The zero-order valence-corrected chi connectivity index (χ0v) is 8.59. The predicted octanol–water partition coefficient (Wildman–Crippen LogP) is 2.43.